The van der Waals surface area contributed by atoms with Crippen LogP contribution in [0.25, 0.3) is 11.3 Å². The standard InChI is InChI=1S/C22H22ClN5S/c1-4-28(5-2)18-12-10-17(11-13-18)25-21-19(14-24)20(26-22(27-21)29-3)15-6-8-16(23)9-7-15/h6-13H,4-5H2,1-3H3,(H,25,26,27). The Bertz CT molecular complexity index is 1010. The van der Waals surface area contributed by atoms with Gasteiger partial charge < -0.3 is 10.2 Å². The molecule has 0 saturated heterocycles. The number of rotatable bonds is 7. The van der Waals surface area contributed by atoms with E-state index in [1.807, 2.05) is 30.5 Å². The molecular weight excluding hydrogens is 402 g/mol. The average molecular weight is 424 g/mol. The fourth-order valence-electron chi connectivity index (χ4n) is 3.03. The summed E-state index contributed by atoms with van der Waals surface area (Å²) in [6.07, 6.45) is 1.91. The second-order valence-electron chi connectivity index (χ2n) is 6.25. The first kappa shape index (κ1) is 21.0. The molecule has 29 heavy (non-hydrogen) atoms. The van der Waals surface area contributed by atoms with Gasteiger partial charge >= 0.3 is 0 Å². The van der Waals surface area contributed by atoms with Gasteiger partial charge in [0, 0.05) is 35.1 Å². The lowest BCUT2D eigenvalue weighted by Gasteiger charge is -2.21. The highest BCUT2D eigenvalue weighted by Crippen LogP contribution is 2.31. The molecule has 0 aliphatic carbocycles. The van der Waals surface area contributed by atoms with E-state index in [2.05, 4.69) is 52.2 Å². The molecule has 3 rings (SSSR count). The molecule has 0 unspecified atom stereocenters. The van der Waals surface area contributed by atoms with Crippen LogP contribution >= 0.6 is 23.4 Å². The quantitative estimate of drug-likeness (QED) is 0.372. The Balaban J connectivity index is 1.99. The maximum atomic E-state index is 9.83. The summed E-state index contributed by atoms with van der Waals surface area (Å²) in [4.78, 5) is 11.4. The second-order valence-corrected chi connectivity index (χ2v) is 7.46. The minimum atomic E-state index is 0.401. The SMILES string of the molecule is CCN(CC)c1ccc(Nc2nc(SC)nc(-c3ccc(Cl)cc3)c2C#N)cc1. The minimum Gasteiger partial charge on any atom is -0.372 e. The molecule has 3 aromatic rings. The van der Waals surface area contributed by atoms with Gasteiger partial charge in [-0.2, -0.15) is 5.26 Å². The summed E-state index contributed by atoms with van der Waals surface area (Å²) in [5.41, 5.74) is 3.84. The van der Waals surface area contributed by atoms with Crippen LogP contribution in [0.15, 0.2) is 53.7 Å². The van der Waals surface area contributed by atoms with Crippen molar-refractivity contribution in [2.24, 2.45) is 0 Å². The molecule has 1 aromatic heterocycles. The molecule has 0 aliphatic rings. The van der Waals surface area contributed by atoms with Crippen molar-refractivity contribution in [3.63, 3.8) is 0 Å². The third kappa shape index (κ3) is 4.81. The number of aromatic nitrogens is 2. The zero-order valence-corrected chi connectivity index (χ0v) is 18.2. The van der Waals surface area contributed by atoms with Crippen LogP contribution in [0.5, 0.6) is 0 Å². The predicted molar refractivity (Wildman–Crippen MR) is 122 cm³/mol. The van der Waals surface area contributed by atoms with Gasteiger partial charge in [0.1, 0.15) is 11.6 Å². The zero-order valence-electron chi connectivity index (χ0n) is 16.6. The second kappa shape index (κ2) is 9.64. The van der Waals surface area contributed by atoms with Crippen molar-refractivity contribution in [1.82, 2.24) is 9.97 Å². The summed E-state index contributed by atoms with van der Waals surface area (Å²) in [6, 6.07) is 17.7. The van der Waals surface area contributed by atoms with Gasteiger partial charge in [0.25, 0.3) is 0 Å². The van der Waals surface area contributed by atoms with E-state index in [0.717, 1.165) is 30.0 Å². The van der Waals surface area contributed by atoms with Gasteiger partial charge in [-0.25, -0.2) is 9.97 Å². The van der Waals surface area contributed by atoms with Gasteiger partial charge in [0.15, 0.2) is 11.0 Å². The summed E-state index contributed by atoms with van der Waals surface area (Å²) in [7, 11) is 0. The molecule has 0 atom stereocenters. The first-order valence-electron chi connectivity index (χ1n) is 9.33. The van der Waals surface area contributed by atoms with E-state index >= 15 is 0 Å². The van der Waals surface area contributed by atoms with E-state index in [0.29, 0.717) is 27.3 Å². The van der Waals surface area contributed by atoms with Gasteiger partial charge in [0.05, 0.1) is 5.69 Å². The summed E-state index contributed by atoms with van der Waals surface area (Å²) < 4.78 is 0. The summed E-state index contributed by atoms with van der Waals surface area (Å²) in [6.45, 7) is 6.18. The van der Waals surface area contributed by atoms with Gasteiger partial charge in [-0.05, 0) is 56.5 Å². The van der Waals surface area contributed by atoms with Crippen molar-refractivity contribution < 1.29 is 0 Å². The molecule has 0 amide bonds. The molecule has 0 aliphatic heterocycles. The average Bonchev–Trinajstić information content (AvgIpc) is 2.75. The molecule has 2 aromatic carbocycles. The third-order valence-corrected chi connectivity index (χ3v) is 5.36. The normalized spacial score (nSPS) is 10.4. The topological polar surface area (TPSA) is 64.8 Å². The molecule has 7 heteroatoms. The Morgan fingerprint density at radius 1 is 1.03 bits per heavy atom. The number of thioether (sulfide) groups is 1. The van der Waals surface area contributed by atoms with Crippen LogP contribution in [-0.2, 0) is 0 Å². The number of hydrogen-bond donors (Lipinski definition) is 1. The minimum absolute atomic E-state index is 0.401. The van der Waals surface area contributed by atoms with Crippen molar-refractivity contribution in [2.45, 2.75) is 19.0 Å². The van der Waals surface area contributed by atoms with Gasteiger partial charge in [-0.3, -0.25) is 0 Å². The molecule has 1 N–H and O–H groups in total. The molecule has 148 valence electrons. The molecule has 5 nitrogen and oxygen atoms in total. The van der Waals surface area contributed by atoms with Crippen LogP contribution in [0, 0.1) is 11.3 Å². The van der Waals surface area contributed by atoms with E-state index < -0.39 is 0 Å². The van der Waals surface area contributed by atoms with Crippen molar-refractivity contribution in [3.8, 4) is 17.3 Å². The number of nitriles is 1. The summed E-state index contributed by atoms with van der Waals surface area (Å²) in [5.74, 6) is 0.493. The van der Waals surface area contributed by atoms with Crippen molar-refractivity contribution in [2.75, 3.05) is 29.6 Å². The number of halogens is 1. The van der Waals surface area contributed by atoms with Crippen LogP contribution in [0.3, 0.4) is 0 Å². The van der Waals surface area contributed by atoms with E-state index in [1.54, 1.807) is 12.1 Å². The fraction of sp³-hybridized carbons (Fsp3) is 0.227. The molecule has 0 radical (unpaired) electrons. The van der Waals surface area contributed by atoms with Gasteiger partial charge in [-0.1, -0.05) is 35.5 Å². The lowest BCUT2D eigenvalue weighted by molar-refractivity contribution is 0.866. The van der Waals surface area contributed by atoms with Crippen LogP contribution in [-0.4, -0.2) is 29.3 Å². The van der Waals surface area contributed by atoms with Gasteiger partial charge in [-0.15, -0.1) is 0 Å². The highest BCUT2D eigenvalue weighted by atomic mass is 35.5. The van der Waals surface area contributed by atoms with Crippen LogP contribution in [0.4, 0.5) is 17.2 Å². The Kier molecular flexibility index (Phi) is 6.97. The first-order chi connectivity index (χ1) is 14.1. The highest BCUT2D eigenvalue weighted by Gasteiger charge is 2.16. The fourth-order valence-corrected chi connectivity index (χ4v) is 3.52. The third-order valence-electron chi connectivity index (χ3n) is 4.56. The van der Waals surface area contributed by atoms with Crippen LogP contribution < -0.4 is 10.2 Å². The molecule has 0 bridgehead atoms. The zero-order chi connectivity index (χ0) is 20.8. The number of hydrogen-bond acceptors (Lipinski definition) is 6. The monoisotopic (exact) mass is 423 g/mol. The largest absolute Gasteiger partial charge is 0.372 e. The number of nitrogens with one attached hydrogen (secondary N) is 1. The van der Waals surface area contributed by atoms with Crippen molar-refractivity contribution in [3.05, 3.63) is 59.1 Å². The van der Waals surface area contributed by atoms with Crippen LogP contribution in [0.1, 0.15) is 19.4 Å². The number of benzene rings is 2. The Hall–Kier alpha value is -2.75. The van der Waals surface area contributed by atoms with Crippen molar-refractivity contribution in [1.29, 1.82) is 5.26 Å². The summed E-state index contributed by atoms with van der Waals surface area (Å²) >= 11 is 7.44. The maximum Gasteiger partial charge on any atom is 0.189 e. The van der Waals surface area contributed by atoms with Gasteiger partial charge in [0.2, 0.25) is 0 Å². The van der Waals surface area contributed by atoms with E-state index in [-0.39, 0.29) is 0 Å². The van der Waals surface area contributed by atoms with Crippen molar-refractivity contribution >= 4 is 40.6 Å². The first-order valence-corrected chi connectivity index (χ1v) is 10.9. The Morgan fingerprint density at radius 3 is 2.24 bits per heavy atom. The molecule has 0 fully saturated rings. The smallest absolute Gasteiger partial charge is 0.189 e. The number of nitrogens with zero attached hydrogens (tertiary/aromatic N) is 4. The number of anilines is 3. The molecule has 0 saturated carbocycles. The lowest BCUT2D eigenvalue weighted by atomic mass is 10.1. The van der Waals surface area contributed by atoms with Crippen LogP contribution in [0.2, 0.25) is 5.02 Å². The summed E-state index contributed by atoms with van der Waals surface area (Å²) in [5, 5.41) is 14.3. The van der Waals surface area contributed by atoms with E-state index in [1.165, 1.54) is 11.8 Å². The van der Waals surface area contributed by atoms with E-state index in [9.17, 15) is 5.26 Å². The Morgan fingerprint density at radius 2 is 1.69 bits per heavy atom. The molecular formula is C22H22ClN5S. The van der Waals surface area contributed by atoms with E-state index in [4.69, 9.17) is 11.6 Å². The maximum absolute atomic E-state index is 9.83. The molecule has 0 spiro atoms. The highest BCUT2D eigenvalue weighted by molar-refractivity contribution is 7.98. The predicted octanol–water partition coefficient (Wildman–Crippen LogP) is 5.98. The molecule has 1 heterocycles. The Labute approximate surface area is 180 Å². The lowest BCUT2D eigenvalue weighted by Crippen LogP contribution is -2.21.